The van der Waals surface area contributed by atoms with Gasteiger partial charge in [0, 0.05) is 17.5 Å². The van der Waals surface area contributed by atoms with Gasteiger partial charge in [0.25, 0.3) is 0 Å². The van der Waals surface area contributed by atoms with Crippen molar-refractivity contribution in [2.24, 2.45) is 0 Å². The van der Waals surface area contributed by atoms with Gasteiger partial charge in [0.05, 0.1) is 6.26 Å². The van der Waals surface area contributed by atoms with Gasteiger partial charge in [0.1, 0.15) is 5.58 Å². The van der Waals surface area contributed by atoms with Gasteiger partial charge in [-0.25, -0.2) is 0 Å². The van der Waals surface area contributed by atoms with Crippen LogP contribution in [0.25, 0.3) is 11.0 Å². The molecule has 0 saturated carbocycles. The first kappa shape index (κ1) is 9.28. The lowest BCUT2D eigenvalue weighted by Crippen LogP contribution is -2.03. The summed E-state index contributed by atoms with van der Waals surface area (Å²) in [5.74, 6) is 0. The number of hydrogen-bond donors (Lipinski definition) is 1. The molecule has 2 rings (SSSR count). The molecule has 0 unspecified atom stereocenters. The highest BCUT2D eigenvalue weighted by atomic mass is 16.3. The molecule has 2 heteroatoms. The molecule has 0 aliphatic carbocycles. The van der Waals surface area contributed by atoms with Gasteiger partial charge in [-0.1, -0.05) is 0 Å². The third-order valence-electron chi connectivity index (χ3n) is 2.64. The number of rotatable bonds is 2. The molecule has 0 aliphatic rings. The lowest BCUT2D eigenvalue weighted by atomic mass is 10.1. The highest BCUT2D eigenvalue weighted by molar-refractivity contribution is 5.82. The molecule has 14 heavy (non-hydrogen) atoms. The van der Waals surface area contributed by atoms with E-state index in [2.05, 4.69) is 31.3 Å². The summed E-state index contributed by atoms with van der Waals surface area (Å²) in [6.45, 7) is 5.09. The molecule has 0 spiro atoms. The number of furan rings is 1. The third kappa shape index (κ3) is 1.42. The van der Waals surface area contributed by atoms with Crippen LogP contribution in [0.1, 0.15) is 16.7 Å². The third-order valence-corrected chi connectivity index (χ3v) is 2.64. The maximum Gasteiger partial charge on any atom is 0.134 e. The molecule has 1 heterocycles. The van der Waals surface area contributed by atoms with Crippen LogP contribution in [0.4, 0.5) is 0 Å². The van der Waals surface area contributed by atoms with Crippen molar-refractivity contribution in [3.8, 4) is 0 Å². The van der Waals surface area contributed by atoms with Crippen molar-refractivity contribution in [2.75, 3.05) is 7.05 Å². The maximum atomic E-state index is 5.50. The Kier molecular flexibility index (Phi) is 2.30. The molecule has 0 saturated heterocycles. The molecular weight excluding hydrogens is 174 g/mol. The van der Waals surface area contributed by atoms with Gasteiger partial charge in [-0.2, -0.15) is 0 Å². The summed E-state index contributed by atoms with van der Waals surface area (Å²) in [7, 11) is 1.94. The van der Waals surface area contributed by atoms with E-state index in [1.54, 1.807) is 0 Å². The predicted molar refractivity (Wildman–Crippen MR) is 58.5 cm³/mol. The summed E-state index contributed by atoms with van der Waals surface area (Å²) in [6.07, 6.45) is 1.83. The molecule has 0 aliphatic heterocycles. The molecule has 74 valence electrons. The standard InChI is InChI=1S/C12H15NO/c1-8-4-11-10(6-13-3)7-14-12(11)5-9(8)2/h4-5,7,13H,6H2,1-3H3. The van der Waals surface area contributed by atoms with Crippen molar-refractivity contribution in [1.82, 2.24) is 5.32 Å². The first-order chi connectivity index (χ1) is 6.72. The highest BCUT2D eigenvalue weighted by Gasteiger charge is 2.06. The molecule has 1 aromatic carbocycles. The van der Waals surface area contributed by atoms with E-state index in [0.29, 0.717) is 0 Å². The first-order valence-electron chi connectivity index (χ1n) is 4.84. The molecule has 2 nitrogen and oxygen atoms in total. The smallest absolute Gasteiger partial charge is 0.134 e. The SMILES string of the molecule is CNCc1coc2cc(C)c(C)cc12. The van der Waals surface area contributed by atoms with Crippen LogP contribution in [-0.4, -0.2) is 7.05 Å². The highest BCUT2D eigenvalue weighted by Crippen LogP contribution is 2.24. The zero-order valence-corrected chi connectivity index (χ0v) is 8.85. The Hall–Kier alpha value is -1.28. The molecule has 1 aromatic heterocycles. The minimum absolute atomic E-state index is 0.857. The topological polar surface area (TPSA) is 25.2 Å². The number of hydrogen-bond acceptors (Lipinski definition) is 2. The Morgan fingerprint density at radius 2 is 1.93 bits per heavy atom. The second-order valence-corrected chi connectivity index (χ2v) is 3.72. The van der Waals surface area contributed by atoms with Gasteiger partial charge in [-0.15, -0.1) is 0 Å². The van der Waals surface area contributed by atoms with Gasteiger partial charge in [-0.3, -0.25) is 0 Å². The van der Waals surface area contributed by atoms with Crippen LogP contribution >= 0.6 is 0 Å². The molecule has 0 atom stereocenters. The number of fused-ring (bicyclic) bond motifs is 1. The Bertz CT molecular complexity index is 457. The van der Waals surface area contributed by atoms with Crippen molar-refractivity contribution >= 4 is 11.0 Å². The molecular formula is C12H15NO. The van der Waals surface area contributed by atoms with Gasteiger partial charge in [-0.05, 0) is 44.2 Å². The summed E-state index contributed by atoms with van der Waals surface area (Å²) < 4.78 is 5.50. The first-order valence-corrected chi connectivity index (χ1v) is 4.84. The Labute approximate surface area is 83.9 Å². The molecule has 2 aromatic rings. The van der Waals surface area contributed by atoms with Gasteiger partial charge in [0.15, 0.2) is 0 Å². The van der Waals surface area contributed by atoms with Crippen LogP contribution in [-0.2, 0) is 6.54 Å². The number of aryl methyl sites for hydroxylation is 2. The summed E-state index contributed by atoms with van der Waals surface area (Å²) in [5, 5.41) is 4.36. The lowest BCUT2D eigenvalue weighted by molar-refractivity contribution is 0.607. The van der Waals surface area contributed by atoms with Crippen molar-refractivity contribution in [2.45, 2.75) is 20.4 Å². The largest absolute Gasteiger partial charge is 0.464 e. The number of benzene rings is 1. The van der Waals surface area contributed by atoms with E-state index in [0.717, 1.165) is 12.1 Å². The van der Waals surface area contributed by atoms with Crippen LogP contribution < -0.4 is 5.32 Å². The van der Waals surface area contributed by atoms with Crippen LogP contribution in [0.5, 0.6) is 0 Å². The normalized spacial score (nSPS) is 11.1. The monoisotopic (exact) mass is 189 g/mol. The second-order valence-electron chi connectivity index (χ2n) is 3.72. The Morgan fingerprint density at radius 3 is 2.64 bits per heavy atom. The lowest BCUT2D eigenvalue weighted by Gasteiger charge is -2.00. The number of nitrogens with one attached hydrogen (secondary N) is 1. The van der Waals surface area contributed by atoms with Crippen LogP contribution in [0.2, 0.25) is 0 Å². The summed E-state index contributed by atoms with van der Waals surface area (Å²) in [6, 6.07) is 4.30. The van der Waals surface area contributed by atoms with E-state index in [-0.39, 0.29) is 0 Å². The van der Waals surface area contributed by atoms with Crippen molar-refractivity contribution in [3.63, 3.8) is 0 Å². The minimum atomic E-state index is 0.857. The maximum absolute atomic E-state index is 5.50. The minimum Gasteiger partial charge on any atom is -0.464 e. The average molecular weight is 189 g/mol. The quantitative estimate of drug-likeness (QED) is 0.785. The van der Waals surface area contributed by atoms with E-state index < -0.39 is 0 Å². The van der Waals surface area contributed by atoms with Crippen molar-refractivity contribution in [3.05, 3.63) is 35.1 Å². The van der Waals surface area contributed by atoms with Crippen molar-refractivity contribution in [1.29, 1.82) is 0 Å². The average Bonchev–Trinajstić information content (AvgIpc) is 2.51. The zero-order valence-electron chi connectivity index (χ0n) is 8.85. The molecule has 1 N–H and O–H groups in total. The van der Waals surface area contributed by atoms with E-state index in [4.69, 9.17) is 4.42 Å². The molecule has 0 radical (unpaired) electrons. The fourth-order valence-corrected chi connectivity index (χ4v) is 1.66. The zero-order chi connectivity index (χ0) is 10.1. The molecule has 0 amide bonds. The van der Waals surface area contributed by atoms with Crippen LogP contribution in [0, 0.1) is 13.8 Å². The summed E-state index contributed by atoms with van der Waals surface area (Å²) in [4.78, 5) is 0. The van der Waals surface area contributed by atoms with E-state index >= 15 is 0 Å². The second kappa shape index (κ2) is 3.46. The van der Waals surface area contributed by atoms with Gasteiger partial charge in [0.2, 0.25) is 0 Å². The summed E-state index contributed by atoms with van der Waals surface area (Å²) >= 11 is 0. The van der Waals surface area contributed by atoms with Crippen molar-refractivity contribution < 1.29 is 4.42 Å². The van der Waals surface area contributed by atoms with Crippen LogP contribution in [0.15, 0.2) is 22.8 Å². The Morgan fingerprint density at radius 1 is 1.21 bits per heavy atom. The van der Waals surface area contributed by atoms with E-state index in [1.165, 1.54) is 22.1 Å². The predicted octanol–water partition coefficient (Wildman–Crippen LogP) is 2.77. The summed E-state index contributed by atoms with van der Waals surface area (Å²) in [5.41, 5.74) is 4.81. The van der Waals surface area contributed by atoms with Gasteiger partial charge >= 0.3 is 0 Å². The van der Waals surface area contributed by atoms with Crippen LogP contribution in [0.3, 0.4) is 0 Å². The Balaban J connectivity index is 2.61. The van der Waals surface area contributed by atoms with E-state index in [9.17, 15) is 0 Å². The fourth-order valence-electron chi connectivity index (χ4n) is 1.66. The molecule has 0 fully saturated rings. The molecule has 0 bridgehead atoms. The fraction of sp³-hybridized carbons (Fsp3) is 0.333. The van der Waals surface area contributed by atoms with E-state index in [1.807, 2.05) is 13.3 Å². The van der Waals surface area contributed by atoms with Gasteiger partial charge < -0.3 is 9.73 Å².